The predicted molar refractivity (Wildman–Crippen MR) is 129 cm³/mol. The third-order valence-corrected chi connectivity index (χ3v) is 8.47. The number of carbonyl (C=O) groups is 1. The maximum atomic E-state index is 13.0. The van der Waals surface area contributed by atoms with Crippen LogP contribution in [0.25, 0.3) is 0 Å². The molecule has 5 nitrogen and oxygen atoms in total. The molecule has 2 aromatic rings. The lowest BCUT2D eigenvalue weighted by Gasteiger charge is -2.49. The second-order valence-electron chi connectivity index (χ2n) is 9.26. The van der Waals surface area contributed by atoms with Crippen LogP contribution in [-0.2, 0) is 14.9 Å². The van der Waals surface area contributed by atoms with Gasteiger partial charge < -0.3 is 9.50 Å². The van der Waals surface area contributed by atoms with Gasteiger partial charge in [-0.25, -0.2) is 0 Å². The highest BCUT2D eigenvalue weighted by Gasteiger charge is 2.51. The molecular formula is C25H29ClF3NO4S. The zero-order chi connectivity index (χ0) is 26.2. The van der Waals surface area contributed by atoms with E-state index >= 15 is 0 Å². The van der Waals surface area contributed by atoms with Crippen molar-refractivity contribution in [2.24, 2.45) is 11.3 Å². The Kier molecular flexibility index (Phi) is 7.82. The van der Waals surface area contributed by atoms with E-state index in [9.17, 15) is 26.4 Å². The number of hydrogen-bond donors (Lipinski definition) is 1. The minimum atomic E-state index is -5.81. The third-order valence-electron chi connectivity index (χ3n) is 7.17. The van der Waals surface area contributed by atoms with Crippen molar-refractivity contribution >= 4 is 27.6 Å². The molecule has 1 aliphatic rings. The van der Waals surface area contributed by atoms with Gasteiger partial charge in [0.15, 0.2) is 0 Å². The Morgan fingerprint density at radius 1 is 1.20 bits per heavy atom. The molecule has 2 aromatic carbocycles. The molecule has 0 heterocycles. The van der Waals surface area contributed by atoms with Crippen LogP contribution in [0.1, 0.15) is 61.6 Å². The lowest BCUT2D eigenvalue weighted by atomic mass is 9.55. The second-order valence-corrected chi connectivity index (χ2v) is 11.2. The Morgan fingerprint density at radius 2 is 1.83 bits per heavy atom. The van der Waals surface area contributed by atoms with E-state index in [1.54, 1.807) is 7.05 Å². The van der Waals surface area contributed by atoms with E-state index in [-0.39, 0.29) is 28.7 Å². The van der Waals surface area contributed by atoms with Crippen molar-refractivity contribution in [2.75, 3.05) is 7.05 Å². The van der Waals surface area contributed by atoms with Crippen molar-refractivity contribution in [3.63, 3.8) is 0 Å². The van der Waals surface area contributed by atoms with E-state index in [1.165, 1.54) is 12.1 Å². The van der Waals surface area contributed by atoms with Crippen molar-refractivity contribution in [1.29, 1.82) is 0 Å². The standard InChI is InChI=1S/C25H29ClF3NO4S/c1-5-20-22(16-8-6-15(2)7-9-16)19(12-13-24(20,3)23(31)30-4)18-11-10-17(14-21(18)26)34-35(32,33)25(27,28)29/h6-11,14,19-20,22H,5,12-13H2,1-4H3,(H,30,31). The largest absolute Gasteiger partial charge is 0.534 e. The number of carbonyl (C=O) groups excluding carboxylic acids is 1. The summed E-state index contributed by atoms with van der Waals surface area (Å²) in [4.78, 5) is 13.0. The Hall–Kier alpha value is -2.26. The van der Waals surface area contributed by atoms with Crippen LogP contribution in [0.2, 0.25) is 5.02 Å². The molecule has 0 saturated heterocycles. The number of aryl methyl sites for hydroxylation is 1. The normalized spacial score (nSPS) is 25.2. The molecule has 4 atom stereocenters. The van der Waals surface area contributed by atoms with Gasteiger partial charge in [0.05, 0.1) is 0 Å². The summed E-state index contributed by atoms with van der Waals surface area (Å²) in [5.74, 6) is -0.824. The molecule has 3 rings (SSSR count). The summed E-state index contributed by atoms with van der Waals surface area (Å²) in [6.45, 7) is 5.99. The summed E-state index contributed by atoms with van der Waals surface area (Å²) in [5.41, 5.74) is -3.36. The average Bonchev–Trinajstić information content (AvgIpc) is 2.78. The minimum Gasteiger partial charge on any atom is -0.376 e. The smallest absolute Gasteiger partial charge is 0.376 e. The lowest BCUT2D eigenvalue weighted by Crippen LogP contribution is -2.48. The summed E-state index contributed by atoms with van der Waals surface area (Å²) in [6, 6.07) is 11.9. The SMILES string of the molecule is CCC1C(c2ccc(C)cc2)C(c2ccc(OS(=O)(=O)C(F)(F)F)cc2Cl)CCC1(C)C(=O)NC. The van der Waals surface area contributed by atoms with Gasteiger partial charge in [-0.1, -0.05) is 67.8 Å². The van der Waals surface area contributed by atoms with Crippen molar-refractivity contribution in [2.45, 2.75) is 57.4 Å². The van der Waals surface area contributed by atoms with Gasteiger partial charge in [-0.05, 0) is 54.7 Å². The Morgan fingerprint density at radius 3 is 2.34 bits per heavy atom. The summed E-state index contributed by atoms with van der Waals surface area (Å²) in [5, 5.41) is 2.91. The number of benzene rings is 2. The Bertz CT molecular complexity index is 1180. The van der Waals surface area contributed by atoms with Crippen molar-refractivity contribution in [3.8, 4) is 5.75 Å². The number of alkyl halides is 3. The van der Waals surface area contributed by atoms with Gasteiger partial charge in [0.1, 0.15) is 5.75 Å². The zero-order valence-corrected chi connectivity index (χ0v) is 21.5. The van der Waals surface area contributed by atoms with E-state index in [4.69, 9.17) is 11.6 Å². The summed E-state index contributed by atoms with van der Waals surface area (Å²) >= 11 is 6.50. The van der Waals surface area contributed by atoms with Gasteiger partial charge in [-0.15, -0.1) is 0 Å². The van der Waals surface area contributed by atoms with Crippen LogP contribution < -0.4 is 9.50 Å². The molecule has 0 aromatic heterocycles. The number of halogens is 4. The molecule has 0 radical (unpaired) electrons. The van der Waals surface area contributed by atoms with Crippen molar-refractivity contribution in [1.82, 2.24) is 5.32 Å². The van der Waals surface area contributed by atoms with E-state index in [0.717, 1.165) is 23.6 Å². The number of nitrogens with one attached hydrogen (secondary N) is 1. The number of rotatable bonds is 6. The van der Waals surface area contributed by atoms with Gasteiger partial charge >= 0.3 is 15.6 Å². The van der Waals surface area contributed by atoms with Crippen LogP contribution in [0.4, 0.5) is 13.2 Å². The fraction of sp³-hybridized carbons (Fsp3) is 0.480. The fourth-order valence-corrected chi connectivity index (χ4v) is 6.17. The van der Waals surface area contributed by atoms with Crippen molar-refractivity contribution < 1.29 is 30.6 Å². The van der Waals surface area contributed by atoms with Crippen LogP contribution in [-0.4, -0.2) is 26.9 Å². The van der Waals surface area contributed by atoms with Crippen LogP contribution >= 0.6 is 11.6 Å². The molecule has 0 spiro atoms. The third kappa shape index (κ3) is 5.31. The predicted octanol–water partition coefficient (Wildman–Crippen LogP) is 6.32. The van der Waals surface area contributed by atoms with Gasteiger partial charge in [-0.2, -0.15) is 21.6 Å². The van der Waals surface area contributed by atoms with Gasteiger partial charge in [0, 0.05) is 23.6 Å². The van der Waals surface area contributed by atoms with Crippen LogP contribution in [0.15, 0.2) is 42.5 Å². The van der Waals surface area contributed by atoms with E-state index in [1.807, 2.05) is 45.0 Å². The molecule has 10 heteroatoms. The maximum absolute atomic E-state index is 13.0. The minimum absolute atomic E-state index is 0.0351. The molecular weight excluding hydrogens is 503 g/mol. The molecule has 4 unspecified atom stereocenters. The van der Waals surface area contributed by atoms with Crippen LogP contribution in [0.5, 0.6) is 5.75 Å². The second kappa shape index (κ2) is 10.0. The first-order valence-electron chi connectivity index (χ1n) is 11.3. The van der Waals surface area contributed by atoms with Gasteiger partial charge in [0.25, 0.3) is 0 Å². The maximum Gasteiger partial charge on any atom is 0.534 e. The highest BCUT2D eigenvalue weighted by molar-refractivity contribution is 7.88. The van der Waals surface area contributed by atoms with Gasteiger partial charge in [0.2, 0.25) is 5.91 Å². The number of amides is 1. The molecule has 0 bridgehead atoms. The van der Waals surface area contributed by atoms with E-state index < -0.39 is 26.8 Å². The summed E-state index contributed by atoms with van der Waals surface area (Å²) in [6.07, 6.45) is 1.93. The fourth-order valence-electron chi connectivity index (χ4n) is 5.41. The average molecular weight is 532 g/mol. The summed E-state index contributed by atoms with van der Waals surface area (Å²) in [7, 11) is -4.18. The molecule has 1 amide bonds. The highest BCUT2D eigenvalue weighted by atomic mass is 35.5. The molecule has 192 valence electrons. The lowest BCUT2D eigenvalue weighted by molar-refractivity contribution is -0.136. The zero-order valence-electron chi connectivity index (χ0n) is 19.9. The Balaban J connectivity index is 2.07. The topological polar surface area (TPSA) is 72.5 Å². The molecule has 1 N–H and O–H groups in total. The highest BCUT2D eigenvalue weighted by Crippen LogP contribution is 2.57. The quantitative estimate of drug-likeness (QED) is 0.350. The molecule has 0 aliphatic heterocycles. The molecule has 1 fully saturated rings. The van der Waals surface area contributed by atoms with Gasteiger partial charge in [-0.3, -0.25) is 4.79 Å². The number of hydrogen-bond acceptors (Lipinski definition) is 4. The summed E-state index contributed by atoms with van der Waals surface area (Å²) < 4.78 is 65.2. The first kappa shape index (κ1) is 27.3. The molecule has 1 aliphatic carbocycles. The molecule has 1 saturated carbocycles. The molecule has 35 heavy (non-hydrogen) atoms. The van der Waals surface area contributed by atoms with E-state index in [2.05, 4.69) is 9.50 Å². The van der Waals surface area contributed by atoms with Crippen LogP contribution in [0, 0.1) is 18.3 Å². The monoisotopic (exact) mass is 531 g/mol. The first-order valence-corrected chi connectivity index (χ1v) is 13.1. The first-order chi connectivity index (χ1) is 16.2. The van der Waals surface area contributed by atoms with Crippen LogP contribution in [0.3, 0.4) is 0 Å². The van der Waals surface area contributed by atoms with E-state index in [0.29, 0.717) is 18.4 Å². The van der Waals surface area contributed by atoms with Crippen molar-refractivity contribution in [3.05, 3.63) is 64.2 Å². The Labute approximate surface area is 209 Å².